The van der Waals surface area contributed by atoms with Crippen molar-refractivity contribution < 1.29 is 90.3 Å². The molecule has 0 bridgehead atoms. The number of nitrogens with zero attached hydrogens (tertiary/aromatic N) is 12. The normalized spacial score (nSPS) is 34.9. The van der Waals surface area contributed by atoms with E-state index < -0.39 is 141 Å². The lowest BCUT2D eigenvalue weighted by molar-refractivity contribution is -0.154. The first-order chi connectivity index (χ1) is 39.4. The molecule has 0 saturated carbocycles. The second-order valence-corrected chi connectivity index (χ2v) is 18.6. The zero-order valence-corrected chi connectivity index (χ0v) is 42.8. The number of azide groups is 1. The van der Waals surface area contributed by atoms with E-state index in [9.17, 15) is 68.3 Å². The molecule has 446 valence electrons. The van der Waals surface area contributed by atoms with E-state index in [2.05, 4.69) is 60.6 Å². The second kappa shape index (κ2) is 25.2. The number of anilines is 2. The highest BCUT2D eigenvalue weighted by molar-refractivity contribution is 5.93. The van der Waals surface area contributed by atoms with Gasteiger partial charge < -0.3 is 103 Å². The number of nitrogen functional groups attached to an aromatic ring is 2. The monoisotopic (exact) mass is 1170 g/mol. The van der Waals surface area contributed by atoms with Crippen LogP contribution in [0.5, 0.6) is 0 Å². The van der Waals surface area contributed by atoms with Crippen LogP contribution in [0.4, 0.5) is 29.1 Å². The maximum atomic E-state index is 14.5. The van der Waals surface area contributed by atoms with Gasteiger partial charge in [-0.05, 0) is 36.2 Å². The summed E-state index contributed by atoms with van der Waals surface area (Å²) in [5, 5.41) is 101. The van der Waals surface area contributed by atoms with E-state index in [0.29, 0.717) is 11.2 Å². The Labute approximate surface area is 464 Å². The van der Waals surface area contributed by atoms with Gasteiger partial charge in [0.1, 0.15) is 83.0 Å². The van der Waals surface area contributed by atoms with Crippen molar-refractivity contribution in [3.05, 3.63) is 114 Å². The lowest BCUT2D eigenvalue weighted by atomic mass is 9.92. The zero-order chi connectivity index (χ0) is 62.7. The predicted molar refractivity (Wildman–Crippen MR) is 277 cm³/mol. The average molecular weight is 1170 g/mol. The SMILES string of the molecule is C#C[C@]1(CO)O[C@@H](n2ccc(N)nc2=O)[C@H](O)[C@@H]1O.C=CC[C@]1(CO)O[C@@H](N2C=CC(N)=NC2=C)C(F)(F)[C@@H]1O.Nc1ccnc2c1ncn2[C@@H]1O[C@H](CO)[C@@H](O)[C@]1(O)CF.[2H]C([2H])(O)[C@@]1(CN=[N+]=[N-])O[C@@H](N2C=CC(N)=NC2=C)[C@H](F)[C@@H]1O. The van der Waals surface area contributed by atoms with Crippen LogP contribution in [0.15, 0.2) is 113 Å². The van der Waals surface area contributed by atoms with Crippen LogP contribution in [-0.2, 0) is 18.9 Å². The molecule has 82 heavy (non-hydrogen) atoms. The number of ether oxygens (including phenoxy) is 4. The fourth-order valence-corrected chi connectivity index (χ4v) is 8.94. The Balaban J connectivity index is 0.000000180. The molecule has 31 nitrogen and oxygen atoms in total. The number of nitrogens with two attached hydrogens (primary N) is 4. The molecule has 0 unspecified atom stereocenters. The molecule has 9 rings (SSSR count). The number of terminal acetylenes is 1. The summed E-state index contributed by atoms with van der Waals surface area (Å²) in [6.45, 7) is 3.25. The first kappa shape index (κ1) is 60.5. The lowest BCUT2D eigenvalue weighted by Crippen LogP contribution is -2.50. The second-order valence-electron chi connectivity index (χ2n) is 18.6. The average Bonchev–Trinajstić information content (AvgIpc) is 2.22. The number of alkyl halides is 4. The van der Waals surface area contributed by atoms with E-state index in [1.165, 1.54) is 60.0 Å². The van der Waals surface area contributed by atoms with Crippen molar-refractivity contribution in [3.8, 4) is 12.3 Å². The summed E-state index contributed by atoms with van der Waals surface area (Å²) < 4.78 is 94.9. The van der Waals surface area contributed by atoms with Gasteiger partial charge in [-0.2, -0.15) is 13.8 Å². The molecule has 0 amide bonds. The maximum Gasteiger partial charge on any atom is 0.351 e. The van der Waals surface area contributed by atoms with Crippen LogP contribution in [-0.4, -0.2) is 220 Å². The Kier molecular flexibility index (Phi) is 18.6. The van der Waals surface area contributed by atoms with E-state index >= 15 is 0 Å². The predicted octanol–water partition coefficient (Wildman–Crippen LogP) is -3.55. The van der Waals surface area contributed by atoms with Gasteiger partial charge >= 0.3 is 11.6 Å². The van der Waals surface area contributed by atoms with Gasteiger partial charge in [0.15, 0.2) is 47.8 Å². The largest absolute Gasteiger partial charge is 0.397 e. The van der Waals surface area contributed by atoms with Crippen molar-refractivity contribution in [1.29, 1.82) is 0 Å². The Morgan fingerprint density at radius 3 is 2.07 bits per heavy atom. The zero-order valence-electron chi connectivity index (χ0n) is 44.8. The highest BCUT2D eigenvalue weighted by Gasteiger charge is 2.67. The standard InChI is InChI=1S/C13H17F2N3O3.C12H15FN4O4.C11H15FN6O3.C11H13N3O5/c1-3-5-12(7-19)10(20)13(14,15)11(21-12)18-6-4-9(16)17-8(18)2;13-4-12(20)9(19)7(3-18)21-11(12)17-5-16-8-6(14)1-2-15-10(8)17;1-6-16-7(13)2-3-18(6)10-8(12)9(20)11(5-19,21-10)4-15-17-14;1-2-11(5-15)8(17)7(16)9(19-11)14-4-3-6(12)13-10(14)18/h3-4,6,10-11,19-20H,1-2,5,7H2,(H2,16,17);1-2,5,7,9,11,18-20H,3-4H2,(H2,14,15);2-3,8-10,19-20H,1,4-5H2,(H2,13,16);1,3-4,7-9,15-17H,5H2,(H2,12,13,18)/t10-,11-,12-;7-,9-,11-,12-;8-,9+,10-,11-;7-,8+,9-,11-/m1111/s1/i;;5D2;. The highest BCUT2D eigenvalue weighted by Crippen LogP contribution is 2.47. The van der Waals surface area contributed by atoms with Crippen molar-refractivity contribution in [2.45, 2.75) is 102 Å². The van der Waals surface area contributed by atoms with Crippen LogP contribution in [0.3, 0.4) is 0 Å². The van der Waals surface area contributed by atoms with Crippen molar-refractivity contribution >= 4 is 34.3 Å². The van der Waals surface area contributed by atoms with Crippen LogP contribution in [0.1, 0.15) is 21.6 Å². The summed E-state index contributed by atoms with van der Waals surface area (Å²) in [5.74, 6) is -1.32. The molecular weight excluding hydrogens is 1100 g/mol. The number of fused-ring (bicyclic) bond motifs is 1. The third kappa shape index (κ3) is 11.7. The minimum Gasteiger partial charge on any atom is -0.397 e. The maximum absolute atomic E-state index is 14.5. The molecule has 0 aromatic carbocycles. The molecule has 0 spiro atoms. The summed E-state index contributed by atoms with van der Waals surface area (Å²) in [6.07, 6.45) is -2.46. The molecule has 3 aromatic heterocycles. The summed E-state index contributed by atoms with van der Waals surface area (Å²) >= 11 is 0. The number of imidazole rings is 1. The Morgan fingerprint density at radius 2 is 1.55 bits per heavy atom. The molecule has 6 aliphatic heterocycles. The summed E-state index contributed by atoms with van der Waals surface area (Å²) in [5.41, 5.74) is 22.5. The smallest absolute Gasteiger partial charge is 0.351 e. The van der Waals surface area contributed by atoms with Crippen molar-refractivity contribution in [1.82, 2.24) is 33.9 Å². The molecule has 0 aliphatic carbocycles. The first-order valence-electron chi connectivity index (χ1n) is 24.8. The number of pyridine rings is 1. The minimum absolute atomic E-state index is 0.00272. The minimum atomic E-state index is -3.64. The summed E-state index contributed by atoms with van der Waals surface area (Å²) in [4.78, 5) is 35.4. The van der Waals surface area contributed by atoms with Gasteiger partial charge in [-0.25, -0.2) is 33.5 Å². The Hall–Kier alpha value is -7.63. The van der Waals surface area contributed by atoms with Crippen LogP contribution in [0.2, 0.25) is 0 Å². The van der Waals surface area contributed by atoms with E-state index in [4.69, 9.17) is 61.7 Å². The fraction of sp³-hybridized carbons (Fsp3) is 0.489. The summed E-state index contributed by atoms with van der Waals surface area (Å²) in [7, 11) is 0. The van der Waals surface area contributed by atoms with Gasteiger partial charge in [0, 0.05) is 29.7 Å². The summed E-state index contributed by atoms with van der Waals surface area (Å²) in [6, 6.07) is 2.89. The molecule has 3 aromatic rings. The molecule has 4 fully saturated rings. The molecule has 0 radical (unpaired) electrons. The Morgan fingerprint density at radius 1 is 0.902 bits per heavy atom. The van der Waals surface area contributed by atoms with Crippen molar-refractivity contribution in [2.24, 2.45) is 26.6 Å². The van der Waals surface area contributed by atoms with E-state index in [1.54, 1.807) is 6.07 Å². The molecule has 6 aliphatic rings. The first-order valence-corrected chi connectivity index (χ1v) is 23.8. The van der Waals surface area contributed by atoms with Gasteiger partial charge in [-0.1, -0.05) is 30.3 Å². The van der Waals surface area contributed by atoms with Crippen LogP contribution >= 0.6 is 0 Å². The Bertz CT molecular complexity index is 3220. The molecule has 9 heterocycles. The number of aliphatic imine (C=N–C) groups is 2. The number of aromatic nitrogens is 5. The van der Waals surface area contributed by atoms with Crippen molar-refractivity contribution in [2.75, 3.05) is 51.1 Å². The topological polar surface area (TPSA) is 489 Å². The number of aliphatic hydroxyl groups excluding tert-OH is 8. The number of amidine groups is 2. The molecule has 35 heteroatoms. The number of halogens is 4. The number of aliphatic hydroxyl groups is 10. The van der Waals surface area contributed by atoms with E-state index in [0.717, 1.165) is 14.4 Å². The fourth-order valence-electron chi connectivity index (χ4n) is 8.94. The van der Waals surface area contributed by atoms with E-state index in [-0.39, 0.29) is 41.2 Å². The van der Waals surface area contributed by atoms with Gasteiger partial charge in [0.25, 0.3) is 0 Å². The number of hydrogen-bond donors (Lipinski definition) is 14. The van der Waals surface area contributed by atoms with Gasteiger partial charge in [-0.15, -0.1) is 13.0 Å². The third-order valence-corrected chi connectivity index (χ3v) is 13.5. The quantitative estimate of drug-likeness (QED) is 0.0197. The third-order valence-electron chi connectivity index (χ3n) is 13.5. The van der Waals surface area contributed by atoms with Gasteiger partial charge in [-0.3, -0.25) is 9.13 Å². The van der Waals surface area contributed by atoms with Gasteiger partial charge in [0.2, 0.25) is 6.23 Å². The molecule has 4 saturated heterocycles. The highest BCUT2D eigenvalue weighted by atomic mass is 19.3. The molecular formula is C47H60F4N16O15. The lowest BCUT2D eigenvalue weighted by Gasteiger charge is -2.32. The van der Waals surface area contributed by atoms with Crippen LogP contribution in [0, 0.1) is 12.3 Å². The van der Waals surface area contributed by atoms with Crippen LogP contribution in [0.25, 0.3) is 21.6 Å². The molecule has 15 atom stereocenters. The molecule has 18 N–H and O–H groups in total. The van der Waals surface area contributed by atoms with Gasteiger partial charge in [0.05, 0.1) is 47.7 Å². The van der Waals surface area contributed by atoms with Crippen molar-refractivity contribution in [3.63, 3.8) is 0 Å². The number of hydrogen-bond acceptors (Lipinski definition) is 27. The van der Waals surface area contributed by atoms with Crippen LogP contribution < -0.4 is 28.6 Å². The number of rotatable bonds is 13. The van der Waals surface area contributed by atoms with E-state index in [1.807, 2.05) is 0 Å².